The molecule has 0 radical (unpaired) electrons. The molecule has 3 fully saturated rings. The Hall–Kier alpha value is -1.84. The Labute approximate surface area is 134 Å². The fourth-order valence-corrected chi connectivity index (χ4v) is 5.20. The Kier molecular flexibility index (Phi) is 3.43. The topological polar surface area (TPSA) is 51.2 Å². The smallest absolute Gasteiger partial charge is 0.202 e. The summed E-state index contributed by atoms with van der Waals surface area (Å²) in [6.45, 7) is 0. The van der Waals surface area contributed by atoms with Crippen molar-refractivity contribution in [1.29, 1.82) is 0 Å². The number of Topliss-reactive ketones (excluding diaryl/α,β-unsaturated/α-hetero) is 3. The van der Waals surface area contributed by atoms with Crippen molar-refractivity contribution in [2.24, 2.45) is 29.6 Å². The standard InChI is InChI=1S/C19H19FO3/c20-12-5-1-4-11(9-12)17(21)14-8-7-10-3-2-6-13-15(10)16(14)19(23)18(13)22/h1,4-5,9-10,13-16H,2-3,6-8H2. The maximum Gasteiger partial charge on any atom is 0.202 e. The molecule has 0 aromatic heterocycles. The van der Waals surface area contributed by atoms with Gasteiger partial charge in [0.2, 0.25) is 11.6 Å². The Bertz CT molecular complexity index is 696. The van der Waals surface area contributed by atoms with Crippen LogP contribution in [0.4, 0.5) is 4.39 Å². The quantitative estimate of drug-likeness (QED) is 0.622. The Morgan fingerprint density at radius 3 is 2.65 bits per heavy atom. The average Bonchev–Trinajstić information content (AvgIpc) is 2.82. The van der Waals surface area contributed by atoms with E-state index in [4.69, 9.17) is 0 Å². The summed E-state index contributed by atoms with van der Waals surface area (Å²) in [5.41, 5.74) is 0.313. The molecule has 3 saturated carbocycles. The van der Waals surface area contributed by atoms with Gasteiger partial charge in [-0.05, 0) is 43.2 Å². The number of benzene rings is 1. The molecular weight excluding hydrogens is 295 g/mol. The SMILES string of the molecule is O=C(c1cccc(F)c1)C1CCC2CCCC3C(=O)C(=O)C1C23. The summed E-state index contributed by atoms with van der Waals surface area (Å²) >= 11 is 0. The molecule has 0 spiro atoms. The number of hydrogen-bond donors (Lipinski definition) is 0. The van der Waals surface area contributed by atoms with Crippen molar-refractivity contribution in [3.8, 4) is 0 Å². The lowest BCUT2D eigenvalue weighted by Crippen LogP contribution is -2.41. The lowest BCUT2D eigenvalue weighted by molar-refractivity contribution is -0.137. The average molecular weight is 314 g/mol. The predicted molar refractivity (Wildman–Crippen MR) is 81.3 cm³/mol. The molecule has 0 bridgehead atoms. The second kappa shape index (κ2) is 5.36. The lowest BCUT2D eigenvalue weighted by Gasteiger charge is -2.42. The van der Waals surface area contributed by atoms with Crippen LogP contribution in [0.3, 0.4) is 0 Å². The Balaban J connectivity index is 1.69. The third kappa shape index (κ3) is 2.19. The second-order valence-electron chi connectivity index (χ2n) is 7.19. The first-order valence-corrected chi connectivity index (χ1v) is 8.46. The van der Waals surface area contributed by atoms with Crippen LogP contribution in [0.5, 0.6) is 0 Å². The largest absolute Gasteiger partial charge is 0.294 e. The van der Waals surface area contributed by atoms with Gasteiger partial charge in [0.15, 0.2) is 5.78 Å². The summed E-state index contributed by atoms with van der Waals surface area (Å²) in [5.74, 6) is -1.90. The van der Waals surface area contributed by atoms with Crippen molar-refractivity contribution in [3.63, 3.8) is 0 Å². The molecule has 1 aromatic rings. The van der Waals surface area contributed by atoms with E-state index in [2.05, 4.69) is 0 Å². The van der Waals surface area contributed by atoms with Crippen LogP contribution in [0.25, 0.3) is 0 Å². The fraction of sp³-hybridized carbons (Fsp3) is 0.526. The van der Waals surface area contributed by atoms with Crippen LogP contribution in [0.1, 0.15) is 42.5 Å². The predicted octanol–water partition coefficient (Wildman–Crippen LogP) is 3.22. The molecule has 3 aliphatic carbocycles. The first-order valence-electron chi connectivity index (χ1n) is 8.46. The van der Waals surface area contributed by atoms with Crippen molar-refractivity contribution < 1.29 is 18.8 Å². The monoisotopic (exact) mass is 314 g/mol. The van der Waals surface area contributed by atoms with E-state index >= 15 is 0 Å². The molecule has 1 aromatic carbocycles. The summed E-state index contributed by atoms with van der Waals surface area (Å²) in [4.78, 5) is 37.7. The second-order valence-corrected chi connectivity index (χ2v) is 7.19. The minimum Gasteiger partial charge on any atom is -0.294 e. The molecule has 5 atom stereocenters. The first kappa shape index (κ1) is 14.7. The van der Waals surface area contributed by atoms with E-state index in [9.17, 15) is 18.8 Å². The van der Waals surface area contributed by atoms with Crippen LogP contribution in [-0.2, 0) is 9.59 Å². The van der Waals surface area contributed by atoms with Crippen molar-refractivity contribution >= 4 is 17.3 Å². The number of carbonyl (C=O) groups excluding carboxylic acids is 3. The van der Waals surface area contributed by atoms with Gasteiger partial charge >= 0.3 is 0 Å². The van der Waals surface area contributed by atoms with Gasteiger partial charge in [-0.15, -0.1) is 0 Å². The molecule has 120 valence electrons. The van der Waals surface area contributed by atoms with Gasteiger partial charge in [-0.2, -0.15) is 0 Å². The minimum absolute atomic E-state index is 0.0417. The van der Waals surface area contributed by atoms with E-state index in [1.807, 2.05) is 0 Å². The highest BCUT2D eigenvalue weighted by atomic mass is 19.1. The Morgan fingerprint density at radius 1 is 1.04 bits per heavy atom. The van der Waals surface area contributed by atoms with Crippen LogP contribution in [0.2, 0.25) is 0 Å². The number of hydrogen-bond acceptors (Lipinski definition) is 3. The van der Waals surface area contributed by atoms with E-state index in [0.717, 1.165) is 25.7 Å². The van der Waals surface area contributed by atoms with E-state index in [-0.39, 0.29) is 29.2 Å². The zero-order chi connectivity index (χ0) is 16.1. The minimum atomic E-state index is -0.470. The summed E-state index contributed by atoms with van der Waals surface area (Å²) in [5, 5.41) is 0. The van der Waals surface area contributed by atoms with Gasteiger partial charge in [0.1, 0.15) is 5.82 Å². The molecule has 3 aliphatic rings. The molecular formula is C19H19FO3. The van der Waals surface area contributed by atoms with Crippen LogP contribution in [0.15, 0.2) is 24.3 Å². The summed E-state index contributed by atoms with van der Waals surface area (Å²) < 4.78 is 13.4. The number of rotatable bonds is 2. The van der Waals surface area contributed by atoms with Gasteiger partial charge in [0, 0.05) is 23.3 Å². The molecule has 5 unspecified atom stereocenters. The molecule has 0 amide bonds. The molecule has 0 N–H and O–H groups in total. The summed E-state index contributed by atoms with van der Waals surface area (Å²) in [7, 11) is 0. The van der Waals surface area contributed by atoms with E-state index in [1.54, 1.807) is 6.07 Å². The van der Waals surface area contributed by atoms with Crippen LogP contribution in [0, 0.1) is 35.4 Å². The van der Waals surface area contributed by atoms with Crippen LogP contribution in [-0.4, -0.2) is 17.3 Å². The summed E-state index contributed by atoms with van der Waals surface area (Å²) in [6.07, 6.45) is 4.36. The normalized spacial score (nSPS) is 36.0. The first-order chi connectivity index (χ1) is 11.1. The fourth-order valence-electron chi connectivity index (χ4n) is 5.20. The lowest BCUT2D eigenvalue weighted by atomic mass is 9.60. The van der Waals surface area contributed by atoms with Gasteiger partial charge in [-0.25, -0.2) is 4.39 Å². The molecule has 4 rings (SSSR count). The molecule has 0 heterocycles. The maximum absolute atomic E-state index is 13.4. The highest BCUT2D eigenvalue weighted by Gasteiger charge is 2.58. The molecule has 4 heteroatoms. The summed E-state index contributed by atoms with van der Waals surface area (Å²) in [6, 6.07) is 5.64. The zero-order valence-electron chi connectivity index (χ0n) is 12.8. The number of ketones is 3. The highest BCUT2D eigenvalue weighted by Crippen LogP contribution is 2.54. The number of carbonyl (C=O) groups is 3. The molecule has 3 nitrogen and oxygen atoms in total. The van der Waals surface area contributed by atoms with E-state index in [0.29, 0.717) is 17.9 Å². The Morgan fingerprint density at radius 2 is 1.87 bits per heavy atom. The molecule has 23 heavy (non-hydrogen) atoms. The maximum atomic E-state index is 13.4. The van der Waals surface area contributed by atoms with Gasteiger partial charge in [-0.1, -0.05) is 25.0 Å². The van der Waals surface area contributed by atoms with Gasteiger partial charge in [0.25, 0.3) is 0 Å². The van der Waals surface area contributed by atoms with Crippen LogP contribution >= 0.6 is 0 Å². The third-order valence-electron chi connectivity index (χ3n) is 6.12. The van der Waals surface area contributed by atoms with Gasteiger partial charge in [0.05, 0.1) is 0 Å². The zero-order valence-corrected chi connectivity index (χ0v) is 12.8. The number of halogens is 1. The van der Waals surface area contributed by atoms with Gasteiger partial charge < -0.3 is 0 Å². The van der Waals surface area contributed by atoms with Crippen molar-refractivity contribution in [1.82, 2.24) is 0 Å². The van der Waals surface area contributed by atoms with Gasteiger partial charge in [-0.3, -0.25) is 14.4 Å². The van der Waals surface area contributed by atoms with E-state index < -0.39 is 17.7 Å². The van der Waals surface area contributed by atoms with Crippen molar-refractivity contribution in [2.45, 2.75) is 32.1 Å². The highest BCUT2D eigenvalue weighted by molar-refractivity contribution is 6.41. The van der Waals surface area contributed by atoms with Crippen molar-refractivity contribution in [2.75, 3.05) is 0 Å². The van der Waals surface area contributed by atoms with E-state index in [1.165, 1.54) is 18.2 Å². The third-order valence-corrected chi connectivity index (χ3v) is 6.12. The van der Waals surface area contributed by atoms with Crippen molar-refractivity contribution in [3.05, 3.63) is 35.6 Å². The van der Waals surface area contributed by atoms with Crippen LogP contribution < -0.4 is 0 Å². The molecule has 0 saturated heterocycles. The molecule has 0 aliphatic heterocycles.